The molecule has 1 aliphatic rings. The first-order chi connectivity index (χ1) is 8.11. The van der Waals surface area contributed by atoms with Crippen LogP contribution in [0, 0.1) is 0 Å². The molecule has 1 aliphatic carbocycles. The van der Waals surface area contributed by atoms with Crippen molar-refractivity contribution in [3.8, 4) is 0 Å². The molecule has 0 bridgehead atoms. The lowest BCUT2D eigenvalue weighted by Gasteiger charge is -2.27. The summed E-state index contributed by atoms with van der Waals surface area (Å²) >= 11 is 0. The van der Waals surface area contributed by atoms with E-state index in [1.165, 1.54) is 12.2 Å². The molecule has 0 amide bonds. The minimum Gasteiger partial charge on any atom is -0.545 e. The first-order valence-electron chi connectivity index (χ1n) is 5.16. The normalized spacial score (nSPS) is 23.9. The molecule has 2 rings (SSSR count). The number of carbonyl (C=O) groups is 1. The maximum absolute atomic E-state index is 10.7. The molecule has 1 aromatic rings. The largest absolute Gasteiger partial charge is 0.545 e. The standard InChI is InChI=1S/C13H12O4/c14-11-9(8-4-2-1-3-5-8)6-7-10(12(11)15)13(16)17/h1-7,11-12,14-15H,(H,16,17)/p-1/t11-,12+/m0/s1. The quantitative estimate of drug-likeness (QED) is 0.717. The fourth-order valence-corrected chi connectivity index (χ4v) is 1.80. The van der Waals surface area contributed by atoms with Gasteiger partial charge in [-0.2, -0.15) is 0 Å². The average Bonchev–Trinajstić information content (AvgIpc) is 2.33. The van der Waals surface area contributed by atoms with E-state index in [0.29, 0.717) is 5.57 Å². The van der Waals surface area contributed by atoms with Gasteiger partial charge in [0.25, 0.3) is 0 Å². The van der Waals surface area contributed by atoms with Crippen LogP contribution < -0.4 is 5.11 Å². The number of allylic oxidation sites excluding steroid dienone is 2. The number of aliphatic hydroxyl groups is 2. The molecule has 0 spiro atoms. The van der Waals surface area contributed by atoms with Gasteiger partial charge in [0.15, 0.2) is 0 Å². The Bertz CT molecular complexity index is 487. The summed E-state index contributed by atoms with van der Waals surface area (Å²) in [7, 11) is 0. The van der Waals surface area contributed by atoms with Crippen molar-refractivity contribution in [3.63, 3.8) is 0 Å². The van der Waals surface area contributed by atoms with E-state index >= 15 is 0 Å². The summed E-state index contributed by atoms with van der Waals surface area (Å²) in [5.74, 6) is -1.47. The van der Waals surface area contributed by atoms with E-state index < -0.39 is 18.2 Å². The molecular formula is C13H11O4-. The second kappa shape index (κ2) is 4.53. The Morgan fingerprint density at radius 1 is 1.06 bits per heavy atom. The van der Waals surface area contributed by atoms with Crippen LogP contribution in [0.25, 0.3) is 5.57 Å². The molecule has 0 fully saturated rings. The molecule has 88 valence electrons. The Morgan fingerprint density at radius 2 is 1.71 bits per heavy atom. The van der Waals surface area contributed by atoms with Crippen LogP contribution in [0.3, 0.4) is 0 Å². The molecule has 2 atom stereocenters. The SMILES string of the molecule is O=C([O-])C1=CC=C(c2ccccc2)[C@H](O)[C@@H]1O. The fourth-order valence-electron chi connectivity index (χ4n) is 1.80. The maximum Gasteiger partial charge on any atom is 0.111 e. The second-order valence-corrected chi connectivity index (χ2v) is 3.79. The van der Waals surface area contributed by atoms with Gasteiger partial charge in [-0.15, -0.1) is 0 Å². The Morgan fingerprint density at radius 3 is 2.29 bits per heavy atom. The molecule has 4 heteroatoms. The number of carboxylic acid groups (broad SMARTS) is 1. The average molecular weight is 231 g/mol. The van der Waals surface area contributed by atoms with E-state index in [0.717, 1.165) is 5.56 Å². The van der Waals surface area contributed by atoms with Gasteiger partial charge < -0.3 is 20.1 Å². The molecule has 0 saturated carbocycles. The Balaban J connectivity index is 2.41. The summed E-state index contributed by atoms with van der Waals surface area (Å²) in [5, 5.41) is 30.2. The van der Waals surface area contributed by atoms with Crippen LogP contribution in [-0.2, 0) is 4.79 Å². The lowest BCUT2D eigenvalue weighted by molar-refractivity contribution is -0.300. The number of aliphatic carboxylic acids is 1. The summed E-state index contributed by atoms with van der Waals surface area (Å²) in [6, 6.07) is 8.98. The summed E-state index contributed by atoms with van der Waals surface area (Å²) in [4.78, 5) is 10.7. The van der Waals surface area contributed by atoms with Crippen LogP contribution in [0.2, 0.25) is 0 Å². The number of carbonyl (C=O) groups excluding carboxylic acids is 1. The van der Waals surface area contributed by atoms with E-state index in [2.05, 4.69) is 0 Å². The van der Waals surface area contributed by atoms with Gasteiger partial charge in [-0.25, -0.2) is 0 Å². The molecule has 4 nitrogen and oxygen atoms in total. The van der Waals surface area contributed by atoms with Crippen LogP contribution in [0.4, 0.5) is 0 Å². The van der Waals surface area contributed by atoms with Crippen molar-refractivity contribution in [2.24, 2.45) is 0 Å². The number of rotatable bonds is 2. The first-order valence-corrected chi connectivity index (χ1v) is 5.16. The summed E-state index contributed by atoms with van der Waals surface area (Å²) < 4.78 is 0. The van der Waals surface area contributed by atoms with Crippen molar-refractivity contribution in [2.75, 3.05) is 0 Å². The third kappa shape index (κ3) is 2.13. The minimum absolute atomic E-state index is 0.308. The van der Waals surface area contributed by atoms with E-state index in [4.69, 9.17) is 0 Å². The van der Waals surface area contributed by atoms with Gasteiger partial charge in [-0.1, -0.05) is 42.5 Å². The second-order valence-electron chi connectivity index (χ2n) is 3.79. The van der Waals surface area contributed by atoms with Gasteiger partial charge in [-0.3, -0.25) is 0 Å². The molecule has 0 aromatic heterocycles. The number of carboxylic acids is 1. The lowest BCUT2D eigenvalue weighted by atomic mass is 9.88. The van der Waals surface area contributed by atoms with Gasteiger partial charge in [0.05, 0.1) is 5.97 Å². The molecule has 0 saturated heterocycles. The van der Waals surface area contributed by atoms with Gasteiger partial charge in [-0.05, 0) is 11.1 Å². The van der Waals surface area contributed by atoms with Crippen LogP contribution in [-0.4, -0.2) is 28.4 Å². The van der Waals surface area contributed by atoms with Gasteiger partial charge >= 0.3 is 0 Å². The highest BCUT2D eigenvalue weighted by Crippen LogP contribution is 2.27. The molecule has 0 unspecified atom stereocenters. The molecule has 2 N–H and O–H groups in total. The number of aliphatic hydroxyl groups excluding tert-OH is 2. The van der Waals surface area contributed by atoms with E-state index in [-0.39, 0.29) is 5.57 Å². The highest BCUT2D eigenvalue weighted by Gasteiger charge is 2.28. The van der Waals surface area contributed by atoms with Crippen LogP contribution in [0.15, 0.2) is 48.1 Å². The van der Waals surface area contributed by atoms with Crippen molar-refractivity contribution in [1.82, 2.24) is 0 Å². The van der Waals surface area contributed by atoms with Crippen LogP contribution in [0.5, 0.6) is 0 Å². The zero-order valence-corrected chi connectivity index (χ0v) is 8.91. The van der Waals surface area contributed by atoms with Crippen molar-refractivity contribution >= 4 is 11.5 Å². The van der Waals surface area contributed by atoms with Crippen molar-refractivity contribution in [2.45, 2.75) is 12.2 Å². The van der Waals surface area contributed by atoms with Crippen molar-refractivity contribution in [1.29, 1.82) is 0 Å². The smallest absolute Gasteiger partial charge is 0.111 e. The van der Waals surface area contributed by atoms with Gasteiger partial charge in [0, 0.05) is 5.57 Å². The molecule has 1 aromatic carbocycles. The Labute approximate surface area is 98.1 Å². The topological polar surface area (TPSA) is 80.6 Å². The van der Waals surface area contributed by atoms with Crippen LogP contribution >= 0.6 is 0 Å². The third-order valence-corrected chi connectivity index (χ3v) is 2.72. The highest BCUT2D eigenvalue weighted by molar-refractivity contribution is 5.89. The van der Waals surface area contributed by atoms with Crippen molar-refractivity contribution < 1.29 is 20.1 Å². The van der Waals surface area contributed by atoms with E-state index in [9.17, 15) is 20.1 Å². The maximum atomic E-state index is 10.7. The highest BCUT2D eigenvalue weighted by atomic mass is 16.4. The fraction of sp³-hybridized carbons (Fsp3) is 0.154. The molecule has 0 aliphatic heterocycles. The summed E-state index contributed by atoms with van der Waals surface area (Å²) in [6.07, 6.45) is 0.0305. The van der Waals surface area contributed by atoms with Gasteiger partial charge in [0.2, 0.25) is 0 Å². The van der Waals surface area contributed by atoms with Crippen molar-refractivity contribution in [3.05, 3.63) is 53.6 Å². The monoisotopic (exact) mass is 231 g/mol. The van der Waals surface area contributed by atoms with Gasteiger partial charge in [0.1, 0.15) is 12.2 Å². The Kier molecular flexibility index (Phi) is 3.08. The summed E-state index contributed by atoms with van der Waals surface area (Å²) in [6.45, 7) is 0. The third-order valence-electron chi connectivity index (χ3n) is 2.72. The first kappa shape index (κ1) is 11.6. The molecule has 0 radical (unpaired) electrons. The number of hydrogen-bond acceptors (Lipinski definition) is 4. The number of hydrogen-bond donors (Lipinski definition) is 2. The van der Waals surface area contributed by atoms with E-state index in [1.54, 1.807) is 24.3 Å². The van der Waals surface area contributed by atoms with Crippen LogP contribution in [0.1, 0.15) is 5.56 Å². The molecule has 17 heavy (non-hydrogen) atoms. The zero-order valence-electron chi connectivity index (χ0n) is 8.91. The predicted molar refractivity (Wildman–Crippen MR) is 59.5 cm³/mol. The minimum atomic E-state index is -1.47. The molecular weight excluding hydrogens is 220 g/mol. The Hall–Kier alpha value is -1.91. The molecule has 0 heterocycles. The lowest BCUT2D eigenvalue weighted by Crippen LogP contribution is -2.39. The number of benzene rings is 1. The van der Waals surface area contributed by atoms with E-state index in [1.807, 2.05) is 6.07 Å². The predicted octanol–water partition coefficient (Wildman–Crippen LogP) is -0.518. The summed E-state index contributed by atoms with van der Waals surface area (Å²) in [5.41, 5.74) is 0.924. The zero-order chi connectivity index (χ0) is 12.4.